The number of hydrogen-bond donors (Lipinski definition) is 2. The molecule has 2 aromatic rings. The van der Waals surface area contributed by atoms with Gasteiger partial charge in [-0.25, -0.2) is 4.79 Å². The van der Waals surface area contributed by atoms with Crippen LogP contribution in [0.2, 0.25) is 0 Å². The van der Waals surface area contributed by atoms with Gasteiger partial charge >= 0.3 is 6.09 Å². The average Bonchev–Trinajstić information content (AvgIpc) is 2.54. The molecule has 0 aliphatic carbocycles. The Morgan fingerprint density at radius 3 is 2.57 bits per heavy atom. The molecule has 0 saturated carbocycles. The highest BCUT2D eigenvalue weighted by molar-refractivity contribution is 5.94. The van der Waals surface area contributed by atoms with Crippen LogP contribution in [0.25, 0.3) is 0 Å². The Hall–Kier alpha value is -2.89. The lowest BCUT2D eigenvalue weighted by molar-refractivity contribution is 0.0875. The van der Waals surface area contributed by atoms with Gasteiger partial charge in [0.15, 0.2) is 6.73 Å². The summed E-state index contributed by atoms with van der Waals surface area (Å²) in [4.78, 5) is 27.0. The fourth-order valence-corrected chi connectivity index (χ4v) is 1.59. The van der Waals surface area contributed by atoms with Crippen molar-refractivity contribution < 1.29 is 14.3 Å². The van der Waals surface area contributed by atoms with Crippen molar-refractivity contribution in [2.24, 2.45) is 0 Å². The summed E-state index contributed by atoms with van der Waals surface area (Å²) in [6.07, 6.45) is 2.70. The van der Waals surface area contributed by atoms with Crippen molar-refractivity contribution in [3.63, 3.8) is 0 Å². The molecule has 6 nitrogen and oxygen atoms in total. The minimum absolute atomic E-state index is 0.188. The molecule has 1 aromatic carbocycles. The van der Waals surface area contributed by atoms with Crippen LogP contribution in [0, 0.1) is 0 Å². The SMILES string of the molecule is O=C(NCc1cccnc1)OCNC(=O)c1ccccc1. The third-order valence-corrected chi connectivity index (χ3v) is 2.63. The van der Waals surface area contributed by atoms with Crippen LogP contribution < -0.4 is 10.6 Å². The first-order chi connectivity index (χ1) is 10.3. The second-order valence-electron chi connectivity index (χ2n) is 4.16. The first kappa shape index (κ1) is 14.5. The second-order valence-corrected chi connectivity index (χ2v) is 4.16. The molecular weight excluding hydrogens is 270 g/mol. The lowest BCUT2D eigenvalue weighted by atomic mass is 10.2. The summed E-state index contributed by atoms with van der Waals surface area (Å²) in [5.41, 5.74) is 1.37. The quantitative estimate of drug-likeness (QED) is 0.819. The maximum Gasteiger partial charge on any atom is 0.409 e. The Morgan fingerprint density at radius 2 is 1.86 bits per heavy atom. The topological polar surface area (TPSA) is 80.3 Å². The third-order valence-electron chi connectivity index (χ3n) is 2.63. The van der Waals surface area contributed by atoms with E-state index in [2.05, 4.69) is 15.6 Å². The van der Waals surface area contributed by atoms with Crippen molar-refractivity contribution in [3.8, 4) is 0 Å². The van der Waals surface area contributed by atoms with Crippen molar-refractivity contribution in [1.29, 1.82) is 0 Å². The summed E-state index contributed by atoms with van der Waals surface area (Å²) in [7, 11) is 0. The van der Waals surface area contributed by atoms with Crippen LogP contribution in [0.4, 0.5) is 4.79 Å². The molecule has 0 unspecified atom stereocenters. The van der Waals surface area contributed by atoms with E-state index in [-0.39, 0.29) is 12.6 Å². The number of rotatable bonds is 5. The number of amides is 2. The Balaban J connectivity index is 1.66. The third kappa shape index (κ3) is 4.94. The molecule has 0 bridgehead atoms. The standard InChI is InChI=1S/C15H15N3O3/c19-14(13-6-2-1-3-7-13)18-11-21-15(20)17-10-12-5-4-8-16-9-12/h1-9H,10-11H2,(H,17,20)(H,18,19). The fourth-order valence-electron chi connectivity index (χ4n) is 1.59. The lowest BCUT2D eigenvalue weighted by Crippen LogP contribution is -2.31. The van der Waals surface area contributed by atoms with Gasteiger partial charge in [0.1, 0.15) is 0 Å². The molecule has 0 fully saturated rings. The molecule has 0 radical (unpaired) electrons. The zero-order valence-electron chi connectivity index (χ0n) is 11.3. The van der Waals surface area contributed by atoms with Gasteiger partial charge in [0.25, 0.3) is 5.91 Å². The number of carbonyl (C=O) groups is 2. The van der Waals surface area contributed by atoms with Gasteiger partial charge < -0.3 is 15.4 Å². The van der Waals surface area contributed by atoms with E-state index in [0.717, 1.165) is 5.56 Å². The molecule has 6 heteroatoms. The van der Waals surface area contributed by atoms with Crippen molar-refractivity contribution in [2.75, 3.05) is 6.73 Å². The van der Waals surface area contributed by atoms with Gasteiger partial charge in [-0.15, -0.1) is 0 Å². The molecule has 1 heterocycles. The first-order valence-corrected chi connectivity index (χ1v) is 6.38. The van der Waals surface area contributed by atoms with E-state index < -0.39 is 6.09 Å². The molecule has 2 rings (SSSR count). The Bertz CT molecular complexity index is 588. The molecular formula is C15H15N3O3. The van der Waals surface area contributed by atoms with Crippen molar-refractivity contribution in [2.45, 2.75) is 6.54 Å². The molecule has 0 atom stereocenters. The van der Waals surface area contributed by atoms with Gasteiger partial charge in [-0.2, -0.15) is 0 Å². The van der Waals surface area contributed by atoms with Gasteiger partial charge in [-0.1, -0.05) is 24.3 Å². The zero-order valence-corrected chi connectivity index (χ0v) is 11.3. The second kappa shape index (κ2) is 7.64. The van der Waals surface area contributed by atoms with Crippen molar-refractivity contribution in [3.05, 3.63) is 66.0 Å². The predicted molar refractivity (Wildman–Crippen MR) is 76.3 cm³/mol. The highest BCUT2D eigenvalue weighted by Gasteiger charge is 2.05. The molecule has 108 valence electrons. The van der Waals surface area contributed by atoms with E-state index in [1.165, 1.54) is 0 Å². The molecule has 0 aliphatic heterocycles. The van der Waals surface area contributed by atoms with Crippen LogP contribution in [0.5, 0.6) is 0 Å². The molecule has 1 aromatic heterocycles. The molecule has 2 amide bonds. The Kier molecular flexibility index (Phi) is 5.28. The van der Waals surface area contributed by atoms with Crippen LogP contribution in [-0.4, -0.2) is 23.7 Å². The van der Waals surface area contributed by atoms with E-state index in [1.54, 1.807) is 42.7 Å². The number of nitrogens with one attached hydrogen (secondary N) is 2. The van der Waals surface area contributed by atoms with E-state index in [1.807, 2.05) is 12.1 Å². The van der Waals surface area contributed by atoms with Gasteiger partial charge in [0.05, 0.1) is 0 Å². The smallest absolute Gasteiger partial charge is 0.409 e. The molecule has 0 saturated heterocycles. The van der Waals surface area contributed by atoms with Crippen LogP contribution in [0.15, 0.2) is 54.9 Å². The van der Waals surface area contributed by atoms with Crippen LogP contribution >= 0.6 is 0 Å². The summed E-state index contributed by atoms with van der Waals surface area (Å²) in [5, 5.41) is 5.05. The normalized spacial score (nSPS) is 9.71. The largest absolute Gasteiger partial charge is 0.428 e. The van der Waals surface area contributed by atoms with Gasteiger partial charge in [0.2, 0.25) is 0 Å². The fraction of sp³-hybridized carbons (Fsp3) is 0.133. The molecule has 21 heavy (non-hydrogen) atoms. The Morgan fingerprint density at radius 1 is 1.05 bits per heavy atom. The average molecular weight is 285 g/mol. The van der Waals surface area contributed by atoms with E-state index >= 15 is 0 Å². The van der Waals surface area contributed by atoms with E-state index in [4.69, 9.17) is 4.74 Å². The summed E-state index contributed by atoms with van der Waals surface area (Å²) in [6, 6.07) is 12.3. The lowest BCUT2D eigenvalue weighted by Gasteiger charge is -2.08. The zero-order chi connectivity index (χ0) is 14.9. The number of benzene rings is 1. The maximum absolute atomic E-state index is 11.7. The number of hydrogen-bond acceptors (Lipinski definition) is 4. The predicted octanol–water partition coefficient (Wildman–Crippen LogP) is 1.70. The summed E-state index contributed by atoms with van der Waals surface area (Å²) in [5.74, 6) is -0.296. The number of ether oxygens (including phenoxy) is 1. The summed E-state index contributed by atoms with van der Waals surface area (Å²) in [6.45, 7) is 0.131. The van der Waals surface area contributed by atoms with Crippen LogP contribution in [0.1, 0.15) is 15.9 Å². The number of pyridine rings is 1. The molecule has 0 aliphatic rings. The van der Waals surface area contributed by atoms with E-state index in [0.29, 0.717) is 12.1 Å². The van der Waals surface area contributed by atoms with Crippen LogP contribution in [-0.2, 0) is 11.3 Å². The molecule has 2 N–H and O–H groups in total. The van der Waals surface area contributed by atoms with Gasteiger partial charge in [0, 0.05) is 24.5 Å². The number of alkyl carbamates (subject to hydrolysis) is 1. The first-order valence-electron chi connectivity index (χ1n) is 6.38. The number of nitrogens with zero attached hydrogens (tertiary/aromatic N) is 1. The van der Waals surface area contributed by atoms with Crippen LogP contribution in [0.3, 0.4) is 0 Å². The van der Waals surface area contributed by atoms with E-state index in [9.17, 15) is 9.59 Å². The van der Waals surface area contributed by atoms with Gasteiger partial charge in [-0.3, -0.25) is 9.78 Å². The molecule has 0 spiro atoms. The van der Waals surface area contributed by atoms with Crippen molar-refractivity contribution in [1.82, 2.24) is 15.6 Å². The summed E-state index contributed by atoms with van der Waals surface area (Å²) < 4.78 is 4.85. The number of aromatic nitrogens is 1. The maximum atomic E-state index is 11.7. The highest BCUT2D eigenvalue weighted by atomic mass is 16.6. The monoisotopic (exact) mass is 285 g/mol. The highest BCUT2D eigenvalue weighted by Crippen LogP contribution is 1.97. The minimum atomic E-state index is -0.604. The van der Waals surface area contributed by atoms with Gasteiger partial charge in [-0.05, 0) is 23.8 Å². The summed E-state index contributed by atoms with van der Waals surface area (Å²) >= 11 is 0. The minimum Gasteiger partial charge on any atom is -0.428 e. The number of carbonyl (C=O) groups excluding carboxylic acids is 2. The van der Waals surface area contributed by atoms with Crippen molar-refractivity contribution >= 4 is 12.0 Å². The Labute approximate surface area is 122 Å².